The number of carbonyl (C=O) groups excluding carboxylic acids is 1. The number of anilines is 1. The van der Waals surface area contributed by atoms with E-state index in [0.717, 1.165) is 0 Å². The second kappa shape index (κ2) is 6.37. The van der Waals surface area contributed by atoms with Crippen LogP contribution in [0.3, 0.4) is 0 Å². The Morgan fingerprint density at radius 1 is 1.33 bits per heavy atom. The molecule has 1 atom stereocenters. The van der Waals surface area contributed by atoms with Crippen molar-refractivity contribution in [2.75, 3.05) is 18.4 Å². The average Bonchev–Trinajstić information content (AvgIpc) is 2.30. The topological polar surface area (TPSA) is 61.8 Å². The van der Waals surface area contributed by atoms with Crippen molar-refractivity contribution in [3.63, 3.8) is 0 Å². The lowest BCUT2D eigenvalue weighted by Gasteiger charge is -2.34. The van der Waals surface area contributed by atoms with Gasteiger partial charge < -0.3 is 9.84 Å². The zero-order valence-electron chi connectivity index (χ0n) is 11.0. The summed E-state index contributed by atoms with van der Waals surface area (Å²) < 4.78 is 5.02. The quantitative estimate of drug-likeness (QED) is 0.789. The molecule has 5 heteroatoms. The first-order valence-electron chi connectivity index (χ1n) is 6.02. The molecule has 0 heterocycles. The maximum Gasteiger partial charge on any atom is 0.415 e. The molecule has 2 N–H and O–H groups in total. The Morgan fingerprint density at radius 2 is 1.89 bits per heavy atom. The fourth-order valence-electron chi connectivity index (χ4n) is 1.72. The van der Waals surface area contributed by atoms with E-state index in [4.69, 9.17) is 4.74 Å². The van der Waals surface area contributed by atoms with Gasteiger partial charge in [0.2, 0.25) is 0 Å². The van der Waals surface area contributed by atoms with E-state index in [9.17, 15) is 9.90 Å². The number of nitrogens with one attached hydrogen (secondary N) is 1. The first kappa shape index (κ1) is 14.5. The number of aliphatic hydroxyl groups is 1. The number of hydrogen-bond donors (Lipinski definition) is 2. The number of hydrogen-bond acceptors (Lipinski definition) is 4. The Morgan fingerprint density at radius 3 is 2.39 bits per heavy atom. The first-order valence-corrected chi connectivity index (χ1v) is 6.02. The highest BCUT2D eigenvalue weighted by atomic mass is 16.7. The van der Waals surface area contributed by atoms with Crippen molar-refractivity contribution in [2.24, 2.45) is 0 Å². The minimum absolute atomic E-state index is 0.585. The summed E-state index contributed by atoms with van der Waals surface area (Å²) in [4.78, 5) is 13.3. The molecule has 0 radical (unpaired) electrons. The molecule has 1 aromatic rings. The summed E-state index contributed by atoms with van der Waals surface area (Å²) in [5.41, 5.74) is 0.623. The zero-order valence-corrected chi connectivity index (χ0v) is 11.0. The van der Waals surface area contributed by atoms with Gasteiger partial charge in [-0.1, -0.05) is 32.0 Å². The summed E-state index contributed by atoms with van der Waals surface area (Å²) in [6, 6.07) is 8.94. The molecule has 0 saturated heterocycles. The van der Waals surface area contributed by atoms with E-state index in [1.807, 2.05) is 19.9 Å². The van der Waals surface area contributed by atoms with Crippen LogP contribution in [0.2, 0.25) is 0 Å². The van der Waals surface area contributed by atoms with E-state index in [1.165, 1.54) is 6.92 Å². The Labute approximate surface area is 107 Å². The van der Waals surface area contributed by atoms with Gasteiger partial charge in [-0.25, -0.2) is 9.69 Å². The van der Waals surface area contributed by atoms with Crippen molar-refractivity contribution in [1.29, 1.82) is 0 Å². The van der Waals surface area contributed by atoms with E-state index in [0.29, 0.717) is 18.8 Å². The van der Waals surface area contributed by atoms with Crippen molar-refractivity contribution in [3.05, 3.63) is 30.3 Å². The molecule has 0 aliphatic carbocycles. The summed E-state index contributed by atoms with van der Waals surface area (Å²) in [5.74, 6) is -1.61. The molecule has 0 aromatic heterocycles. The van der Waals surface area contributed by atoms with Crippen LogP contribution in [0.5, 0.6) is 0 Å². The van der Waals surface area contributed by atoms with Crippen LogP contribution in [0.4, 0.5) is 10.5 Å². The highest BCUT2D eigenvalue weighted by Crippen LogP contribution is 2.14. The molecule has 5 nitrogen and oxygen atoms in total. The molecule has 0 aliphatic heterocycles. The monoisotopic (exact) mass is 252 g/mol. The van der Waals surface area contributed by atoms with Crippen molar-refractivity contribution < 1.29 is 14.6 Å². The minimum Gasteiger partial charge on any atom is -0.403 e. The third-order valence-electron chi connectivity index (χ3n) is 2.66. The number of para-hydroxylation sites is 1. The number of carbonyl (C=O) groups is 1. The van der Waals surface area contributed by atoms with Crippen LogP contribution in [-0.2, 0) is 4.74 Å². The van der Waals surface area contributed by atoms with Gasteiger partial charge in [0.1, 0.15) is 0 Å². The van der Waals surface area contributed by atoms with Gasteiger partial charge in [-0.05, 0) is 12.1 Å². The van der Waals surface area contributed by atoms with E-state index < -0.39 is 12.0 Å². The third kappa shape index (κ3) is 4.01. The van der Waals surface area contributed by atoms with Crippen molar-refractivity contribution in [1.82, 2.24) is 4.90 Å². The van der Waals surface area contributed by atoms with Gasteiger partial charge in [-0.2, -0.15) is 0 Å². The molecule has 0 spiro atoms. The highest BCUT2D eigenvalue weighted by molar-refractivity contribution is 5.84. The normalized spacial score (nSPS) is 14.1. The lowest BCUT2D eigenvalue weighted by atomic mass is 10.3. The Balaban J connectivity index is 2.59. The molecular weight excluding hydrogens is 232 g/mol. The molecular formula is C13H20N2O3. The van der Waals surface area contributed by atoms with E-state index in [1.54, 1.807) is 29.2 Å². The smallest absolute Gasteiger partial charge is 0.403 e. The van der Waals surface area contributed by atoms with E-state index in [-0.39, 0.29) is 0 Å². The maximum absolute atomic E-state index is 11.6. The molecule has 1 aromatic carbocycles. The first-order chi connectivity index (χ1) is 8.49. The average molecular weight is 252 g/mol. The van der Waals surface area contributed by atoms with Gasteiger partial charge in [0.05, 0.1) is 0 Å². The second-order valence-electron chi connectivity index (χ2n) is 3.99. The van der Waals surface area contributed by atoms with Crippen molar-refractivity contribution in [2.45, 2.75) is 26.7 Å². The summed E-state index contributed by atoms with van der Waals surface area (Å²) in [6.07, 6.45) is -0.682. The van der Waals surface area contributed by atoms with E-state index >= 15 is 0 Å². The second-order valence-corrected chi connectivity index (χ2v) is 3.99. The number of amides is 1. The minimum atomic E-state index is -1.61. The standard InChI is InChI=1S/C13H20N2O3/c1-4-15(5-2)13(3,17)18-12(16)14-11-9-7-6-8-10-11/h6-10,17H,4-5H2,1-3H3,(H,14,16). The molecule has 1 rings (SSSR count). The number of rotatable bonds is 5. The van der Waals surface area contributed by atoms with Gasteiger partial charge in [-0.3, -0.25) is 5.32 Å². The summed E-state index contributed by atoms with van der Waals surface area (Å²) in [6.45, 7) is 6.39. The van der Waals surface area contributed by atoms with Crippen LogP contribution < -0.4 is 5.32 Å². The summed E-state index contributed by atoms with van der Waals surface area (Å²) in [5, 5.41) is 12.6. The van der Waals surface area contributed by atoms with E-state index in [2.05, 4.69) is 5.32 Å². The Hall–Kier alpha value is -1.59. The van der Waals surface area contributed by atoms with Gasteiger partial charge in [0.25, 0.3) is 5.91 Å². The molecule has 1 amide bonds. The molecule has 18 heavy (non-hydrogen) atoms. The number of ether oxygens (including phenoxy) is 1. The summed E-state index contributed by atoms with van der Waals surface area (Å²) in [7, 11) is 0. The van der Waals surface area contributed by atoms with Crippen molar-refractivity contribution >= 4 is 11.8 Å². The predicted molar refractivity (Wildman–Crippen MR) is 70.1 cm³/mol. The largest absolute Gasteiger partial charge is 0.415 e. The SMILES string of the molecule is CCN(CC)C(C)(O)OC(=O)Nc1ccccc1. The Bertz CT molecular complexity index is 375. The molecule has 0 aliphatic rings. The zero-order chi connectivity index (χ0) is 13.6. The van der Waals surface area contributed by atoms with Crippen LogP contribution in [0.25, 0.3) is 0 Å². The third-order valence-corrected chi connectivity index (χ3v) is 2.66. The van der Waals surface area contributed by atoms with Crippen LogP contribution in [0.15, 0.2) is 30.3 Å². The van der Waals surface area contributed by atoms with Crippen LogP contribution >= 0.6 is 0 Å². The van der Waals surface area contributed by atoms with Crippen LogP contribution in [0.1, 0.15) is 20.8 Å². The van der Waals surface area contributed by atoms with Gasteiger partial charge >= 0.3 is 6.09 Å². The predicted octanol–water partition coefficient (Wildman–Crippen LogP) is 2.24. The fourth-order valence-corrected chi connectivity index (χ4v) is 1.72. The highest BCUT2D eigenvalue weighted by Gasteiger charge is 2.31. The van der Waals surface area contributed by atoms with Gasteiger partial charge in [-0.15, -0.1) is 0 Å². The number of benzene rings is 1. The number of nitrogens with zero attached hydrogens (tertiary/aromatic N) is 1. The maximum atomic E-state index is 11.6. The Kier molecular flexibility index (Phi) is 5.12. The molecule has 1 unspecified atom stereocenters. The van der Waals surface area contributed by atoms with Crippen LogP contribution in [-0.4, -0.2) is 35.1 Å². The lowest BCUT2D eigenvalue weighted by Crippen LogP contribution is -2.50. The van der Waals surface area contributed by atoms with Crippen molar-refractivity contribution in [3.8, 4) is 0 Å². The lowest BCUT2D eigenvalue weighted by molar-refractivity contribution is -0.243. The van der Waals surface area contributed by atoms with Gasteiger partial charge in [0, 0.05) is 25.7 Å². The molecule has 0 saturated carbocycles. The fraction of sp³-hybridized carbons (Fsp3) is 0.462. The molecule has 0 fully saturated rings. The molecule has 0 bridgehead atoms. The van der Waals surface area contributed by atoms with Gasteiger partial charge in [0.15, 0.2) is 0 Å². The summed E-state index contributed by atoms with van der Waals surface area (Å²) >= 11 is 0. The van der Waals surface area contributed by atoms with Crippen LogP contribution in [0, 0.1) is 0 Å². The molecule has 100 valence electrons.